The van der Waals surface area contributed by atoms with Gasteiger partial charge in [0.15, 0.2) is 12.9 Å². The Balaban J connectivity index is 1.09. The molecule has 3 aliphatic rings. The van der Waals surface area contributed by atoms with Gasteiger partial charge in [0, 0.05) is 61.4 Å². The largest absolute Gasteiger partial charge is 0.436 e. The van der Waals surface area contributed by atoms with E-state index in [4.69, 9.17) is 9.40 Å². The number of aromatic nitrogens is 2. The van der Waals surface area contributed by atoms with Crippen molar-refractivity contribution in [3.63, 3.8) is 0 Å². The van der Waals surface area contributed by atoms with Gasteiger partial charge in [-0.1, -0.05) is 145 Å². The van der Waals surface area contributed by atoms with Crippen LogP contribution in [0, 0.1) is 0 Å². The van der Waals surface area contributed by atoms with Crippen molar-refractivity contribution in [3.05, 3.63) is 179 Å². The maximum absolute atomic E-state index is 6.59. The standard InChI is InChI=1S/C59H48BN3O/c1-57(2,3)34-21-23-35(24-22-34)61-49-29-46-40(36-17-11-13-19-44(36)58(46,4)5)27-42(49)38-25-26-39-43-28-41-37-18-12-14-20-45(37)59(6,7)47(41)30-51(43)63-52-32-53-50(31-48(52)60-54(38)55(39)63)62-56(64-53)33-15-9-8-10-16-33/h8-32,60-61H,1-7H3. The van der Waals surface area contributed by atoms with Gasteiger partial charge in [-0.3, -0.25) is 0 Å². The average Bonchev–Trinajstić information content (AvgIpc) is 3.99. The molecule has 13 rings (SSSR count). The van der Waals surface area contributed by atoms with Crippen LogP contribution in [0.25, 0.3) is 83.4 Å². The van der Waals surface area contributed by atoms with Crippen LogP contribution >= 0.6 is 0 Å². The highest BCUT2D eigenvalue weighted by atomic mass is 16.3. The molecule has 4 nitrogen and oxygen atoms in total. The zero-order chi connectivity index (χ0) is 43.4. The van der Waals surface area contributed by atoms with Crippen molar-refractivity contribution < 1.29 is 4.42 Å². The van der Waals surface area contributed by atoms with Crippen molar-refractivity contribution >= 4 is 62.5 Å². The van der Waals surface area contributed by atoms with Crippen LogP contribution in [-0.4, -0.2) is 16.8 Å². The summed E-state index contributed by atoms with van der Waals surface area (Å²) in [7, 11) is 0.759. The fourth-order valence-corrected chi connectivity index (χ4v) is 11.6. The molecule has 10 aromatic rings. The molecule has 8 aromatic carbocycles. The van der Waals surface area contributed by atoms with E-state index >= 15 is 0 Å². The Kier molecular flexibility index (Phi) is 7.47. The zero-order valence-electron chi connectivity index (χ0n) is 37.4. The van der Waals surface area contributed by atoms with Gasteiger partial charge in [0.25, 0.3) is 0 Å². The van der Waals surface area contributed by atoms with Crippen LogP contribution in [0.2, 0.25) is 0 Å². The fourth-order valence-electron chi connectivity index (χ4n) is 11.6. The van der Waals surface area contributed by atoms with Crippen LogP contribution in [0.5, 0.6) is 0 Å². The Hall–Kier alpha value is -7.11. The molecule has 5 heteroatoms. The van der Waals surface area contributed by atoms with E-state index in [1.807, 2.05) is 18.2 Å². The van der Waals surface area contributed by atoms with Gasteiger partial charge in [-0.05, 0) is 121 Å². The second-order valence-corrected chi connectivity index (χ2v) is 20.5. The lowest BCUT2D eigenvalue weighted by molar-refractivity contribution is 0.590. The van der Waals surface area contributed by atoms with E-state index in [9.17, 15) is 0 Å². The lowest BCUT2D eigenvalue weighted by Crippen LogP contribution is -2.37. The monoisotopic (exact) mass is 825 g/mol. The molecule has 0 radical (unpaired) electrons. The van der Waals surface area contributed by atoms with Crippen LogP contribution in [0.4, 0.5) is 11.4 Å². The van der Waals surface area contributed by atoms with Crippen LogP contribution < -0.4 is 16.2 Å². The summed E-state index contributed by atoms with van der Waals surface area (Å²) in [5.74, 6) is 0.642. The van der Waals surface area contributed by atoms with Crippen LogP contribution in [0.1, 0.15) is 76.3 Å². The molecule has 1 aliphatic heterocycles. The van der Waals surface area contributed by atoms with Crippen molar-refractivity contribution in [1.29, 1.82) is 0 Å². The zero-order valence-corrected chi connectivity index (χ0v) is 37.4. The van der Waals surface area contributed by atoms with Gasteiger partial charge in [-0.15, -0.1) is 0 Å². The average molecular weight is 826 g/mol. The molecule has 0 saturated heterocycles. The number of anilines is 2. The number of benzene rings is 8. The summed E-state index contributed by atoms with van der Waals surface area (Å²) in [5.41, 5.74) is 25.4. The first-order valence-electron chi connectivity index (χ1n) is 22.7. The smallest absolute Gasteiger partial charge is 0.227 e. The fraction of sp³-hybridized carbons (Fsp3) is 0.169. The Morgan fingerprint density at radius 2 is 1.23 bits per heavy atom. The highest BCUT2D eigenvalue weighted by Gasteiger charge is 2.39. The summed E-state index contributed by atoms with van der Waals surface area (Å²) in [4.78, 5) is 5.09. The van der Waals surface area contributed by atoms with Gasteiger partial charge in [-0.2, -0.15) is 0 Å². The van der Waals surface area contributed by atoms with Gasteiger partial charge in [0.2, 0.25) is 5.89 Å². The van der Waals surface area contributed by atoms with Crippen molar-refractivity contribution in [1.82, 2.24) is 9.55 Å². The quantitative estimate of drug-likeness (QED) is 0.180. The maximum Gasteiger partial charge on any atom is 0.227 e. The van der Waals surface area contributed by atoms with Crippen LogP contribution in [0.15, 0.2) is 156 Å². The van der Waals surface area contributed by atoms with Crippen molar-refractivity contribution in [3.8, 4) is 50.5 Å². The number of nitrogens with zero attached hydrogens (tertiary/aromatic N) is 2. The van der Waals surface area contributed by atoms with E-state index in [1.165, 1.54) is 93.9 Å². The lowest BCUT2D eigenvalue weighted by Gasteiger charge is -2.26. The molecule has 1 N–H and O–H groups in total. The Morgan fingerprint density at radius 1 is 0.578 bits per heavy atom. The van der Waals surface area contributed by atoms with Gasteiger partial charge in [0.1, 0.15) is 5.52 Å². The molecule has 308 valence electrons. The number of rotatable bonds is 4. The summed E-state index contributed by atoms with van der Waals surface area (Å²) in [6, 6.07) is 56.4. The Labute approximate surface area is 374 Å². The lowest BCUT2D eigenvalue weighted by atomic mass is 9.59. The number of fused-ring (bicyclic) bond motifs is 12. The summed E-state index contributed by atoms with van der Waals surface area (Å²) >= 11 is 0. The topological polar surface area (TPSA) is 43.0 Å². The van der Waals surface area contributed by atoms with Crippen molar-refractivity contribution in [2.24, 2.45) is 0 Å². The van der Waals surface area contributed by atoms with Gasteiger partial charge in [-0.25, -0.2) is 4.98 Å². The third-order valence-corrected chi connectivity index (χ3v) is 15.0. The molecule has 2 aliphatic carbocycles. The number of hydrogen-bond acceptors (Lipinski definition) is 3. The minimum atomic E-state index is -0.144. The number of oxazole rings is 1. The van der Waals surface area contributed by atoms with E-state index in [-0.39, 0.29) is 16.2 Å². The SMILES string of the molecule is CC(C)(C)c1ccc(Nc2cc3c(cc2-c2ccc4c5cc6c(cc5n5c4c2Bc2cc4nc(-c7ccccc7)oc4cc2-5)C(C)(C)c2ccccc2-6)-c2ccccc2C3(C)C)cc1. The summed E-state index contributed by atoms with van der Waals surface area (Å²) in [6.07, 6.45) is 0. The van der Waals surface area contributed by atoms with Gasteiger partial charge in [0.05, 0.1) is 5.52 Å². The number of hydrogen-bond donors (Lipinski definition) is 1. The second-order valence-electron chi connectivity index (χ2n) is 20.5. The summed E-state index contributed by atoms with van der Waals surface area (Å²) in [5, 5.41) is 6.52. The molecule has 64 heavy (non-hydrogen) atoms. The predicted octanol–water partition coefficient (Wildman–Crippen LogP) is 13.6. The third kappa shape index (κ3) is 5.15. The highest BCUT2D eigenvalue weighted by Crippen LogP contribution is 2.53. The van der Waals surface area contributed by atoms with Gasteiger partial charge >= 0.3 is 0 Å². The van der Waals surface area contributed by atoms with Crippen LogP contribution in [-0.2, 0) is 16.2 Å². The highest BCUT2D eigenvalue weighted by molar-refractivity contribution is 6.73. The Morgan fingerprint density at radius 3 is 1.94 bits per heavy atom. The first-order valence-corrected chi connectivity index (χ1v) is 22.7. The van der Waals surface area contributed by atoms with E-state index < -0.39 is 0 Å². The molecule has 3 heterocycles. The van der Waals surface area contributed by atoms with Crippen LogP contribution in [0.3, 0.4) is 0 Å². The first-order chi connectivity index (χ1) is 30.8. The van der Waals surface area contributed by atoms with Crippen molar-refractivity contribution in [2.75, 3.05) is 5.32 Å². The second kappa shape index (κ2) is 12.8. The molecule has 0 spiro atoms. The molecule has 0 atom stereocenters. The van der Waals surface area contributed by atoms with E-state index in [0.29, 0.717) is 5.89 Å². The molecule has 0 fully saturated rings. The summed E-state index contributed by atoms with van der Waals surface area (Å²) in [6.45, 7) is 16.3. The molecular formula is C59H48BN3O. The molecule has 0 amide bonds. The van der Waals surface area contributed by atoms with Gasteiger partial charge < -0.3 is 14.3 Å². The molecule has 0 saturated carbocycles. The minimum absolute atomic E-state index is 0.0693. The van der Waals surface area contributed by atoms with Crippen molar-refractivity contribution in [2.45, 2.75) is 64.7 Å². The molecule has 0 bridgehead atoms. The predicted molar refractivity (Wildman–Crippen MR) is 269 cm³/mol. The van der Waals surface area contributed by atoms with E-state index in [0.717, 1.165) is 41.0 Å². The Bertz CT molecular complexity index is 3640. The molecule has 0 unspecified atom stereocenters. The summed E-state index contributed by atoms with van der Waals surface area (Å²) < 4.78 is 9.14. The normalized spacial score (nSPS) is 14.9. The molecule has 2 aromatic heterocycles. The third-order valence-electron chi connectivity index (χ3n) is 15.0. The van der Waals surface area contributed by atoms with E-state index in [1.54, 1.807) is 0 Å². The van der Waals surface area contributed by atoms with E-state index in [2.05, 4.69) is 192 Å². The minimum Gasteiger partial charge on any atom is -0.436 e. The maximum atomic E-state index is 6.59. The first kappa shape index (κ1) is 37.4. The number of nitrogens with one attached hydrogen (secondary N) is 1. The molecular weight excluding hydrogens is 777 g/mol.